The molecule has 1 aliphatic heterocycles. The molecule has 1 aromatic carbocycles. The lowest BCUT2D eigenvalue weighted by Crippen LogP contribution is -2.40. The van der Waals surface area contributed by atoms with E-state index in [0.29, 0.717) is 0 Å². The Hall–Kier alpha value is -1.57. The number of hydrogen-bond acceptors (Lipinski definition) is 2. The average Bonchev–Trinajstić information content (AvgIpc) is 3.13. The van der Waals surface area contributed by atoms with Gasteiger partial charge in [0.15, 0.2) is 5.96 Å². The van der Waals surface area contributed by atoms with Gasteiger partial charge in [0.05, 0.1) is 19.3 Å². The van der Waals surface area contributed by atoms with Crippen molar-refractivity contribution in [2.45, 2.75) is 26.8 Å². The minimum absolute atomic E-state index is 0. The van der Waals surface area contributed by atoms with Crippen molar-refractivity contribution >= 4 is 35.6 Å². The van der Waals surface area contributed by atoms with Crippen LogP contribution in [0.5, 0.6) is 0 Å². The second-order valence-electron chi connectivity index (χ2n) is 5.55. The monoisotopic (exact) mass is 425 g/mol. The minimum Gasteiger partial charge on any atom is -0.356 e. The van der Waals surface area contributed by atoms with Crippen LogP contribution in [0.1, 0.15) is 18.1 Å². The summed E-state index contributed by atoms with van der Waals surface area (Å²) in [4.78, 5) is 7.05. The SMILES string of the molecule is CCNC(=NCCn1cc(C)cn1)N1CCc2ccccc21.I. The highest BCUT2D eigenvalue weighted by Gasteiger charge is 2.22. The maximum absolute atomic E-state index is 4.77. The number of anilines is 1. The van der Waals surface area contributed by atoms with E-state index in [4.69, 9.17) is 4.99 Å². The van der Waals surface area contributed by atoms with Crippen LogP contribution in [0.15, 0.2) is 41.7 Å². The van der Waals surface area contributed by atoms with E-state index in [2.05, 4.69) is 53.4 Å². The minimum atomic E-state index is 0. The van der Waals surface area contributed by atoms with Gasteiger partial charge in [-0.05, 0) is 37.5 Å². The zero-order chi connectivity index (χ0) is 15.4. The van der Waals surface area contributed by atoms with Crippen LogP contribution < -0.4 is 10.2 Å². The van der Waals surface area contributed by atoms with E-state index < -0.39 is 0 Å². The summed E-state index contributed by atoms with van der Waals surface area (Å²) < 4.78 is 1.94. The van der Waals surface area contributed by atoms with Crippen molar-refractivity contribution in [3.8, 4) is 0 Å². The summed E-state index contributed by atoms with van der Waals surface area (Å²) in [6.07, 6.45) is 5.01. The number of guanidine groups is 1. The second kappa shape index (κ2) is 8.33. The molecule has 0 fully saturated rings. The molecule has 0 amide bonds. The lowest BCUT2D eigenvalue weighted by molar-refractivity contribution is 0.623. The molecule has 3 rings (SSSR count). The highest BCUT2D eigenvalue weighted by atomic mass is 127. The highest BCUT2D eigenvalue weighted by molar-refractivity contribution is 14.0. The van der Waals surface area contributed by atoms with Crippen molar-refractivity contribution in [3.05, 3.63) is 47.8 Å². The van der Waals surface area contributed by atoms with E-state index in [1.165, 1.54) is 16.8 Å². The number of aromatic nitrogens is 2. The van der Waals surface area contributed by atoms with E-state index in [0.717, 1.165) is 38.6 Å². The Kier molecular flexibility index (Phi) is 6.44. The molecule has 2 aromatic rings. The van der Waals surface area contributed by atoms with Crippen LogP contribution in [0.3, 0.4) is 0 Å². The Morgan fingerprint density at radius 2 is 2.17 bits per heavy atom. The fourth-order valence-corrected chi connectivity index (χ4v) is 2.80. The summed E-state index contributed by atoms with van der Waals surface area (Å²) in [6, 6.07) is 8.57. The number of nitrogens with zero attached hydrogens (tertiary/aromatic N) is 4. The van der Waals surface area contributed by atoms with Gasteiger partial charge >= 0.3 is 0 Å². The van der Waals surface area contributed by atoms with E-state index in [1.807, 2.05) is 17.1 Å². The summed E-state index contributed by atoms with van der Waals surface area (Å²) in [5.41, 5.74) is 3.86. The maximum atomic E-state index is 4.77. The lowest BCUT2D eigenvalue weighted by Gasteiger charge is -2.22. The quantitative estimate of drug-likeness (QED) is 0.466. The molecule has 1 aliphatic rings. The summed E-state index contributed by atoms with van der Waals surface area (Å²) in [5, 5.41) is 7.71. The zero-order valence-corrected chi connectivity index (χ0v) is 16.0. The van der Waals surface area contributed by atoms with Crippen LogP contribution in [-0.4, -0.2) is 35.4 Å². The van der Waals surface area contributed by atoms with Crippen LogP contribution >= 0.6 is 24.0 Å². The van der Waals surface area contributed by atoms with Crippen LogP contribution in [0.25, 0.3) is 0 Å². The molecule has 124 valence electrons. The molecule has 1 N–H and O–H groups in total. The number of aliphatic imine (C=N–C) groups is 1. The number of nitrogens with one attached hydrogen (secondary N) is 1. The number of rotatable bonds is 4. The molecule has 0 saturated carbocycles. The van der Waals surface area contributed by atoms with Gasteiger partial charge in [-0.1, -0.05) is 18.2 Å². The van der Waals surface area contributed by atoms with Gasteiger partial charge < -0.3 is 10.2 Å². The molecule has 0 saturated heterocycles. The molecule has 0 spiro atoms. The van der Waals surface area contributed by atoms with Crippen molar-refractivity contribution in [1.29, 1.82) is 0 Å². The van der Waals surface area contributed by atoms with Gasteiger partial charge in [0.1, 0.15) is 0 Å². The predicted molar refractivity (Wildman–Crippen MR) is 106 cm³/mol. The lowest BCUT2D eigenvalue weighted by atomic mass is 10.2. The van der Waals surface area contributed by atoms with Gasteiger partial charge in [0.2, 0.25) is 0 Å². The Bertz CT molecular complexity index is 665. The van der Waals surface area contributed by atoms with E-state index in [-0.39, 0.29) is 24.0 Å². The largest absolute Gasteiger partial charge is 0.356 e. The molecular weight excluding hydrogens is 401 g/mol. The predicted octanol–water partition coefficient (Wildman–Crippen LogP) is 2.84. The average molecular weight is 425 g/mol. The molecule has 5 nitrogen and oxygen atoms in total. The molecule has 0 bridgehead atoms. The van der Waals surface area contributed by atoms with Crippen molar-refractivity contribution < 1.29 is 0 Å². The molecule has 1 aromatic heterocycles. The van der Waals surface area contributed by atoms with Crippen molar-refractivity contribution in [2.24, 2.45) is 4.99 Å². The van der Waals surface area contributed by atoms with Gasteiger partial charge in [-0.25, -0.2) is 0 Å². The molecule has 0 atom stereocenters. The topological polar surface area (TPSA) is 45.5 Å². The van der Waals surface area contributed by atoms with Gasteiger partial charge in [0.25, 0.3) is 0 Å². The van der Waals surface area contributed by atoms with Crippen LogP contribution in [0.2, 0.25) is 0 Å². The number of fused-ring (bicyclic) bond motifs is 1. The van der Waals surface area contributed by atoms with Crippen molar-refractivity contribution in [3.63, 3.8) is 0 Å². The number of hydrogen-bond donors (Lipinski definition) is 1. The first-order valence-electron chi connectivity index (χ1n) is 7.90. The fourth-order valence-electron chi connectivity index (χ4n) is 2.80. The number of benzene rings is 1. The Balaban J connectivity index is 0.00000192. The van der Waals surface area contributed by atoms with E-state index in [9.17, 15) is 0 Å². The molecular formula is C17H24IN5. The van der Waals surface area contributed by atoms with E-state index in [1.54, 1.807) is 0 Å². The van der Waals surface area contributed by atoms with Crippen LogP contribution in [0, 0.1) is 6.92 Å². The molecule has 0 unspecified atom stereocenters. The van der Waals surface area contributed by atoms with Crippen LogP contribution in [-0.2, 0) is 13.0 Å². The van der Waals surface area contributed by atoms with Gasteiger partial charge in [-0.3, -0.25) is 9.67 Å². The normalized spacial score (nSPS) is 13.7. The molecule has 0 aliphatic carbocycles. The maximum Gasteiger partial charge on any atom is 0.198 e. The molecule has 0 radical (unpaired) electrons. The number of para-hydroxylation sites is 1. The summed E-state index contributed by atoms with van der Waals surface area (Å²) in [6.45, 7) is 7.55. The number of halogens is 1. The van der Waals surface area contributed by atoms with Gasteiger partial charge in [-0.15, -0.1) is 24.0 Å². The van der Waals surface area contributed by atoms with Crippen molar-refractivity contribution in [1.82, 2.24) is 15.1 Å². The first-order valence-corrected chi connectivity index (χ1v) is 7.90. The molecule has 23 heavy (non-hydrogen) atoms. The molecule has 6 heteroatoms. The third-order valence-corrected chi connectivity index (χ3v) is 3.83. The fraction of sp³-hybridized carbons (Fsp3) is 0.412. The van der Waals surface area contributed by atoms with Gasteiger partial charge in [0, 0.05) is 25.0 Å². The van der Waals surface area contributed by atoms with Crippen LogP contribution in [0.4, 0.5) is 5.69 Å². The van der Waals surface area contributed by atoms with Crippen molar-refractivity contribution in [2.75, 3.05) is 24.5 Å². The van der Waals surface area contributed by atoms with Gasteiger partial charge in [-0.2, -0.15) is 5.10 Å². The standard InChI is InChI=1S/C17H23N5.HI/c1-3-18-17(19-9-11-21-13-14(2)12-20-21)22-10-8-15-6-4-5-7-16(15)22;/h4-7,12-13H,3,8-11H2,1-2H3,(H,18,19);1H. The summed E-state index contributed by atoms with van der Waals surface area (Å²) in [7, 11) is 0. The Labute approximate surface area is 154 Å². The molecule has 2 heterocycles. The first-order chi connectivity index (χ1) is 10.8. The Morgan fingerprint density at radius 1 is 1.35 bits per heavy atom. The number of aryl methyl sites for hydroxylation is 1. The highest BCUT2D eigenvalue weighted by Crippen LogP contribution is 2.27. The second-order valence-corrected chi connectivity index (χ2v) is 5.55. The third-order valence-electron chi connectivity index (χ3n) is 3.83. The third kappa shape index (κ3) is 4.25. The smallest absolute Gasteiger partial charge is 0.198 e. The first kappa shape index (κ1) is 17.8. The summed E-state index contributed by atoms with van der Waals surface area (Å²) >= 11 is 0. The Morgan fingerprint density at radius 3 is 2.91 bits per heavy atom. The summed E-state index contributed by atoms with van der Waals surface area (Å²) in [5.74, 6) is 0.969. The van der Waals surface area contributed by atoms with E-state index >= 15 is 0 Å². The zero-order valence-electron chi connectivity index (χ0n) is 13.7.